The number of halogens is 1. The van der Waals surface area contributed by atoms with Crippen molar-refractivity contribution in [3.8, 4) is 23.0 Å². The van der Waals surface area contributed by atoms with Crippen molar-refractivity contribution in [2.45, 2.75) is 25.2 Å². The molecule has 10 heteroatoms. The lowest BCUT2D eigenvalue weighted by atomic mass is 10.0. The molecule has 1 N–H and O–H groups in total. The van der Waals surface area contributed by atoms with Crippen molar-refractivity contribution in [1.82, 2.24) is 20.1 Å². The fourth-order valence-electron chi connectivity index (χ4n) is 4.61. The Morgan fingerprint density at radius 3 is 2.79 bits per heavy atom. The first-order chi connectivity index (χ1) is 16.5. The van der Waals surface area contributed by atoms with Gasteiger partial charge in [-0.05, 0) is 24.6 Å². The Hall–Kier alpha value is -3.81. The number of amides is 1. The summed E-state index contributed by atoms with van der Waals surface area (Å²) in [6.45, 7) is 1.59. The molecule has 3 aromatic rings. The van der Waals surface area contributed by atoms with Crippen molar-refractivity contribution in [2.24, 2.45) is 0 Å². The Morgan fingerprint density at radius 2 is 2.03 bits per heavy atom. The van der Waals surface area contributed by atoms with Gasteiger partial charge in [0.25, 0.3) is 5.91 Å². The van der Waals surface area contributed by atoms with Gasteiger partial charge < -0.3 is 19.7 Å². The smallest absolute Gasteiger partial charge is 0.255 e. The number of carbonyl (C=O) groups excluding carboxylic acids is 1. The molecular weight excluding hydrogens is 439 g/mol. The van der Waals surface area contributed by atoms with Gasteiger partial charge in [-0.15, -0.1) is 0 Å². The summed E-state index contributed by atoms with van der Waals surface area (Å²) in [6, 6.07) is 9.80. The molecule has 9 nitrogen and oxygen atoms in total. The second-order valence-electron chi connectivity index (χ2n) is 8.21. The number of nitriles is 1. The number of fused-ring (bicyclic) bond motifs is 1. The van der Waals surface area contributed by atoms with E-state index in [-0.39, 0.29) is 41.5 Å². The number of hydrogen-bond donors (Lipinski definition) is 1. The number of aromatic nitrogens is 3. The number of rotatable bonds is 5. The molecule has 1 unspecified atom stereocenters. The number of anilines is 1. The molecule has 1 aromatic carbocycles. The molecule has 174 valence electrons. The Bertz CT molecular complexity index is 1300. The molecule has 2 aliphatic rings. The molecular formula is C24H23FN6O3. The number of methoxy groups -OCH3 is 2. The minimum Gasteiger partial charge on any atom is -0.379 e. The van der Waals surface area contributed by atoms with Crippen LogP contribution in [0.4, 0.5) is 10.2 Å². The molecule has 0 bridgehead atoms. The van der Waals surface area contributed by atoms with Crippen LogP contribution in [0.3, 0.4) is 0 Å². The molecule has 1 saturated heterocycles. The van der Waals surface area contributed by atoms with Gasteiger partial charge in [-0.1, -0.05) is 6.07 Å². The number of benzene rings is 1. The van der Waals surface area contributed by atoms with Crippen LogP contribution in [0.25, 0.3) is 16.9 Å². The van der Waals surface area contributed by atoms with Crippen LogP contribution >= 0.6 is 0 Å². The zero-order chi connectivity index (χ0) is 23.8. The van der Waals surface area contributed by atoms with E-state index in [2.05, 4.69) is 15.2 Å². The number of ether oxygens (including phenoxy) is 2. The van der Waals surface area contributed by atoms with Crippen LogP contribution in [0.2, 0.25) is 0 Å². The predicted octanol–water partition coefficient (Wildman–Crippen LogP) is 2.43. The zero-order valence-electron chi connectivity index (χ0n) is 18.8. The summed E-state index contributed by atoms with van der Waals surface area (Å²) in [4.78, 5) is 19.2. The maximum atomic E-state index is 14.7. The van der Waals surface area contributed by atoms with Crippen LogP contribution in [0, 0.1) is 17.1 Å². The lowest BCUT2D eigenvalue weighted by Crippen LogP contribution is -2.48. The molecule has 2 aliphatic heterocycles. The molecule has 1 amide bonds. The second-order valence-corrected chi connectivity index (χ2v) is 8.21. The van der Waals surface area contributed by atoms with E-state index in [1.165, 1.54) is 18.2 Å². The monoisotopic (exact) mass is 462 g/mol. The van der Waals surface area contributed by atoms with Crippen LogP contribution in [-0.2, 0) is 16.0 Å². The number of piperidine rings is 1. The fraction of sp³-hybridized carbons (Fsp3) is 0.333. The minimum absolute atomic E-state index is 0.0214. The summed E-state index contributed by atoms with van der Waals surface area (Å²) < 4.78 is 27.4. The quantitative estimate of drug-likeness (QED) is 0.621. The average molecular weight is 462 g/mol. The first-order valence-electron chi connectivity index (χ1n) is 10.9. The maximum absolute atomic E-state index is 14.7. The lowest BCUT2D eigenvalue weighted by molar-refractivity contribution is -0.0442. The third kappa shape index (κ3) is 3.69. The molecule has 2 aromatic heterocycles. The van der Waals surface area contributed by atoms with Crippen molar-refractivity contribution in [2.75, 3.05) is 32.2 Å². The van der Waals surface area contributed by atoms with E-state index in [0.717, 1.165) is 18.8 Å². The topological polar surface area (TPSA) is 105 Å². The third-order valence-electron chi connectivity index (χ3n) is 6.36. The Balaban J connectivity index is 1.56. The van der Waals surface area contributed by atoms with Crippen LogP contribution < -0.4 is 10.2 Å². The fourth-order valence-corrected chi connectivity index (χ4v) is 4.61. The molecule has 0 aliphatic carbocycles. The van der Waals surface area contributed by atoms with E-state index in [9.17, 15) is 14.4 Å². The Kier molecular flexibility index (Phi) is 5.73. The van der Waals surface area contributed by atoms with Gasteiger partial charge in [0, 0.05) is 39.6 Å². The number of nitrogens with zero attached hydrogens (tertiary/aromatic N) is 5. The van der Waals surface area contributed by atoms with Crippen LogP contribution in [0.5, 0.6) is 0 Å². The molecule has 34 heavy (non-hydrogen) atoms. The highest BCUT2D eigenvalue weighted by atomic mass is 19.1. The zero-order valence-corrected chi connectivity index (χ0v) is 18.8. The van der Waals surface area contributed by atoms with Crippen LogP contribution in [-0.4, -0.2) is 60.2 Å². The van der Waals surface area contributed by atoms with Crippen molar-refractivity contribution in [1.29, 1.82) is 5.26 Å². The summed E-state index contributed by atoms with van der Waals surface area (Å²) in [7, 11) is 3.35. The number of nitrogens with one attached hydrogen (secondary N) is 1. The van der Waals surface area contributed by atoms with Gasteiger partial charge in [-0.25, -0.2) is 14.1 Å². The molecule has 0 spiro atoms. The Labute approximate surface area is 195 Å². The standard InChI is InChI=1S/C24H23FN6O3/c1-33-19-6-8-30(13-20(19)34-2)21-7-9-31(29-21)18-10-16(28-17-12-27-24(32)23(17)18)22-14(11-26)4-3-5-15(22)25/h3-5,7,9-10,19-20H,6,8,12-13H2,1-2H3,(H,27,32)/t19-,20?/m1/s1. The van der Waals surface area contributed by atoms with Gasteiger partial charge in [-0.3, -0.25) is 4.79 Å². The van der Waals surface area contributed by atoms with Crippen molar-refractivity contribution in [3.63, 3.8) is 0 Å². The lowest BCUT2D eigenvalue weighted by Gasteiger charge is -2.37. The van der Waals surface area contributed by atoms with E-state index in [1.54, 1.807) is 31.2 Å². The largest absolute Gasteiger partial charge is 0.379 e. The predicted molar refractivity (Wildman–Crippen MR) is 121 cm³/mol. The molecule has 0 radical (unpaired) electrons. The van der Waals surface area contributed by atoms with Crippen molar-refractivity contribution < 1.29 is 18.7 Å². The summed E-state index contributed by atoms with van der Waals surface area (Å²) in [5.74, 6) is -0.0938. The van der Waals surface area contributed by atoms with Gasteiger partial charge in [0.2, 0.25) is 0 Å². The van der Waals surface area contributed by atoms with Gasteiger partial charge in [0.15, 0.2) is 5.82 Å². The molecule has 0 saturated carbocycles. The molecule has 1 fully saturated rings. The van der Waals surface area contributed by atoms with Crippen LogP contribution in [0.15, 0.2) is 36.5 Å². The summed E-state index contributed by atoms with van der Waals surface area (Å²) in [5.41, 5.74) is 1.90. The van der Waals surface area contributed by atoms with E-state index < -0.39 is 5.82 Å². The highest BCUT2D eigenvalue weighted by molar-refractivity contribution is 6.01. The Morgan fingerprint density at radius 1 is 1.21 bits per heavy atom. The van der Waals surface area contributed by atoms with Crippen LogP contribution in [0.1, 0.15) is 28.0 Å². The van der Waals surface area contributed by atoms with E-state index in [0.29, 0.717) is 23.5 Å². The maximum Gasteiger partial charge on any atom is 0.255 e. The summed E-state index contributed by atoms with van der Waals surface area (Å²) in [6.07, 6.45) is 2.49. The normalized spacial score (nSPS) is 19.6. The average Bonchev–Trinajstić information content (AvgIpc) is 3.50. The van der Waals surface area contributed by atoms with E-state index >= 15 is 0 Å². The number of hydrogen-bond acceptors (Lipinski definition) is 7. The summed E-state index contributed by atoms with van der Waals surface area (Å²) >= 11 is 0. The first-order valence-corrected chi connectivity index (χ1v) is 10.9. The van der Waals surface area contributed by atoms with Gasteiger partial charge in [-0.2, -0.15) is 10.4 Å². The van der Waals surface area contributed by atoms with Crippen molar-refractivity contribution in [3.05, 3.63) is 59.2 Å². The SMILES string of the molecule is COC1CN(c2ccn(-c3cc(-c4c(F)cccc4C#N)nc4c3C(=O)NC4)n2)CC[C@H]1OC. The van der Waals surface area contributed by atoms with E-state index in [1.807, 2.05) is 12.1 Å². The number of pyridine rings is 1. The molecule has 4 heterocycles. The molecule has 5 rings (SSSR count). The van der Waals surface area contributed by atoms with Gasteiger partial charge >= 0.3 is 0 Å². The second kappa shape index (κ2) is 8.85. The highest BCUT2D eigenvalue weighted by Gasteiger charge is 2.31. The van der Waals surface area contributed by atoms with Crippen molar-refractivity contribution >= 4 is 11.7 Å². The highest BCUT2D eigenvalue weighted by Crippen LogP contribution is 2.32. The number of carbonyl (C=O) groups is 1. The van der Waals surface area contributed by atoms with Gasteiger partial charge in [0.1, 0.15) is 11.9 Å². The first kappa shape index (κ1) is 22.0. The molecule has 2 atom stereocenters. The van der Waals surface area contributed by atoms with E-state index in [4.69, 9.17) is 14.6 Å². The third-order valence-corrected chi connectivity index (χ3v) is 6.36. The summed E-state index contributed by atoms with van der Waals surface area (Å²) in [5, 5.41) is 17.0. The minimum atomic E-state index is -0.553. The van der Waals surface area contributed by atoms with Gasteiger partial charge in [0.05, 0.1) is 52.5 Å².